The number of imide groups is 1. The normalized spacial score (nSPS) is 17.9. The Bertz CT molecular complexity index is 733. The lowest BCUT2D eigenvalue weighted by atomic mass is 10.2. The molecule has 1 N–H and O–H groups in total. The Balaban J connectivity index is 1.82. The van der Waals surface area contributed by atoms with E-state index in [1.165, 1.54) is 18.2 Å². The number of carbonyl (C=O) groups excluding carboxylic acids is 2. The SMILES string of the molecule is O=C1CC(Nc2ccc(Br)cc2)C(=O)N1c1ccccc1F. The Morgan fingerprint density at radius 2 is 1.77 bits per heavy atom. The molecule has 1 fully saturated rings. The van der Waals surface area contributed by atoms with Gasteiger partial charge in [-0.25, -0.2) is 9.29 Å². The van der Waals surface area contributed by atoms with Gasteiger partial charge in [0, 0.05) is 10.2 Å². The first-order chi connectivity index (χ1) is 10.6. The van der Waals surface area contributed by atoms with Gasteiger partial charge < -0.3 is 5.32 Å². The molecule has 0 bridgehead atoms. The van der Waals surface area contributed by atoms with Crippen molar-refractivity contribution in [3.63, 3.8) is 0 Å². The van der Waals surface area contributed by atoms with Crippen LogP contribution in [-0.2, 0) is 9.59 Å². The predicted octanol–water partition coefficient (Wildman–Crippen LogP) is 3.33. The zero-order chi connectivity index (χ0) is 15.7. The number of halogens is 2. The van der Waals surface area contributed by atoms with E-state index in [1.54, 1.807) is 18.2 Å². The van der Waals surface area contributed by atoms with E-state index in [0.717, 1.165) is 15.1 Å². The minimum Gasteiger partial charge on any atom is -0.373 e. The maximum Gasteiger partial charge on any atom is 0.256 e. The lowest BCUT2D eigenvalue weighted by Crippen LogP contribution is -2.35. The summed E-state index contributed by atoms with van der Waals surface area (Å²) in [5, 5.41) is 3.01. The van der Waals surface area contributed by atoms with Crippen molar-refractivity contribution < 1.29 is 14.0 Å². The smallest absolute Gasteiger partial charge is 0.256 e. The fourth-order valence-electron chi connectivity index (χ4n) is 2.38. The number of nitrogens with zero attached hydrogens (tertiary/aromatic N) is 1. The first kappa shape index (κ1) is 14.7. The minimum atomic E-state index is -0.687. The Kier molecular flexibility index (Phi) is 3.94. The van der Waals surface area contributed by atoms with Gasteiger partial charge in [-0.3, -0.25) is 9.59 Å². The Labute approximate surface area is 135 Å². The van der Waals surface area contributed by atoms with Crippen molar-refractivity contribution in [2.75, 3.05) is 10.2 Å². The van der Waals surface area contributed by atoms with Crippen LogP contribution >= 0.6 is 15.9 Å². The number of rotatable bonds is 3. The van der Waals surface area contributed by atoms with E-state index in [9.17, 15) is 14.0 Å². The molecule has 0 aromatic heterocycles. The molecule has 0 saturated carbocycles. The van der Waals surface area contributed by atoms with Crippen LogP contribution < -0.4 is 10.2 Å². The lowest BCUT2D eigenvalue weighted by Gasteiger charge is -2.16. The molecule has 22 heavy (non-hydrogen) atoms. The number of carbonyl (C=O) groups is 2. The Hall–Kier alpha value is -2.21. The minimum absolute atomic E-state index is 0.00222. The standard InChI is InChI=1S/C16H12BrFN2O2/c17-10-5-7-11(8-6-10)19-13-9-15(21)20(16(13)22)14-4-2-1-3-12(14)18/h1-8,13,19H,9H2. The second kappa shape index (κ2) is 5.88. The molecule has 2 aromatic carbocycles. The fourth-order valence-corrected chi connectivity index (χ4v) is 2.64. The molecule has 0 aliphatic carbocycles. The summed E-state index contributed by atoms with van der Waals surface area (Å²) >= 11 is 3.33. The number of nitrogens with one attached hydrogen (secondary N) is 1. The average Bonchev–Trinajstić information content (AvgIpc) is 2.77. The monoisotopic (exact) mass is 362 g/mol. The van der Waals surface area contributed by atoms with Crippen LogP contribution in [0.5, 0.6) is 0 Å². The van der Waals surface area contributed by atoms with Gasteiger partial charge in [-0.15, -0.1) is 0 Å². The predicted molar refractivity (Wildman–Crippen MR) is 85.1 cm³/mol. The highest BCUT2D eigenvalue weighted by atomic mass is 79.9. The first-order valence-corrected chi connectivity index (χ1v) is 7.49. The van der Waals surface area contributed by atoms with Crippen LogP contribution in [-0.4, -0.2) is 17.9 Å². The molecule has 1 atom stereocenters. The number of hydrogen-bond donors (Lipinski definition) is 1. The average molecular weight is 363 g/mol. The van der Waals surface area contributed by atoms with Crippen LogP contribution in [0.15, 0.2) is 53.0 Å². The van der Waals surface area contributed by atoms with Gasteiger partial charge in [0.15, 0.2) is 0 Å². The highest BCUT2D eigenvalue weighted by Crippen LogP contribution is 2.27. The van der Waals surface area contributed by atoms with Crippen LogP contribution in [0.25, 0.3) is 0 Å². The number of para-hydroxylation sites is 1. The molecule has 0 spiro atoms. The number of benzene rings is 2. The van der Waals surface area contributed by atoms with Gasteiger partial charge >= 0.3 is 0 Å². The van der Waals surface area contributed by atoms with E-state index in [0.29, 0.717) is 0 Å². The summed E-state index contributed by atoms with van der Waals surface area (Å²) < 4.78 is 14.7. The Morgan fingerprint density at radius 3 is 2.45 bits per heavy atom. The summed E-state index contributed by atoms with van der Waals surface area (Å²) in [7, 11) is 0. The molecule has 6 heteroatoms. The van der Waals surface area contributed by atoms with E-state index >= 15 is 0 Å². The number of anilines is 2. The third-order valence-corrected chi connectivity index (χ3v) is 3.95. The quantitative estimate of drug-likeness (QED) is 0.852. The van der Waals surface area contributed by atoms with Crippen LogP contribution in [0.1, 0.15) is 6.42 Å². The van der Waals surface area contributed by atoms with Crippen LogP contribution in [0, 0.1) is 5.82 Å². The highest BCUT2D eigenvalue weighted by Gasteiger charge is 2.40. The summed E-state index contributed by atoms with van der Waals surface area (Å²) in [6, 6.07) is 12.3. The van der Waals surface area contributed by atoms with Gasteiger partial charge in [-0.05, 0) is 36.4 Å². The maximum absolute atomic E-state index is 13.8. The zero-order valence-electron chi connectivity index (χ0n) is 11.4. The van der Waals surface area contributed by atoms with E-state index < -0.39 is 23.7 Å². The van der Waals surface area contributed by atoms with Crippen molar-refractivity contribution in [3.05, 3.63) is 58.8 Å². The molecular weight excluding hydrogens is 351 g/mol. The van der Waals surface area contributed by atoms with E-state index in [-0.39, 0.29) is 12.1 Å². The summed E-state index contributed by atoms with van der Waals surface area (Å²) in [5.41, 5.74) is 0.724. The van der Waals surface area contributed by atoms with Gasteiger partial charge in [0.05, 0.1) is 12.1 Å². The van der Waals surface area contributed by atoms with E-state index in [4.69, 9.17) is 0 Å². The lowest BCUT2D eigenvalue weighted by molar-refractivity contribution is -0.121. The molecule has 4 nitrogen and oxygen atoms in total. The first-order valence-electron chi connectivity index (χ1n) is 6.69. The van der Waals surface area contributed by atoms with Gasteiger partial charge in [0.1, 0.15) is 11.9 Å². The molecule has 2 amide bonds. The van der Waals surface area contributed by atoms with Gasteiger partial charge in [-0.2, -0.15) is 0 Å². The number of amides is 2. The molecule has 3 rings (SSSR count). The number of hydrogen-bond acceptors (Lipinski definition) is 3. The third-order valence-electron chi connectivity index (χ3n) is 3.43. The Morgan fingerprint density at radius 1 is 1.09 bits per heavy atom. The van der Waals surface area contributed by atoms with Crippen LogP contribution in [0.3, 0.4) is 0 Å². The molecular formula is C16H12BrFN2O2. The van der Waals surface area contributed by atoms with Crippen molar-refractivity contribution >= 4 is 39.1 Å². The van der Waals surface area contributed by atoms with Gasteiger partial charge in [0.2, 0.25) is 5.91 Å². The topological polar surface area (TPSA) is 49.4 Å². The van der Waals surface area contributed by atoms with Crippen molar-refractivity contribution in [1.82, 2.24) is 0 Å². The van der Waals surface area contributed by atoms with Crippen molar-refractivity contribution in [2.45, 2.75) is 12.5 Å². The summed E-state index contributed by atoms with van der Waals surface area (Å²) in [6.07, 6.45) is 0.00321. The molecule has 112 valence electrons. The van der Waals surface area contributed by atoms with Crippen LogP contribution in [0.2, 0.25) is 0 Å². The summed E-state index contributed by atoms with van der Waals surface area (Å²) in [6.45, 7) is 0. The summed E-state index contributed by atoms with van der Waals surface area (Å²) in [4.78, 5) is 25.4. The molecule has 2 aromatic rings. The van der Waals surface area contributed by atoms with Crippen LogP contribution in [0.4, 0.5) is 15.8 Å². The largest absolute Gasteiger partial charge is 0.373 e. The molecule has 1 heterocycles. The van der Waals surface area contributed by atoms with Gasteiger partial charge in [0.25, 0.3) is 5.91 Å². The summed E-state index contributed by atoms with van der Waals surface area (Å²) in [5.74, 6) is -1.45. The maximum atomic E-state index is 13.8. The third kappa shape index (κ3) is 2.74. The van der Waals surface area contributed by atoms with E-state index in [2.05, 4.69) is 21.2 Å². The second-order valence-electron chi connectivity index (χ2n) is 4.93. The fraction of sp³-hybridized carbons (Fsp3) is 0.125. The molecule has 1 aliphatic heterocycles. The van der Waals surface area contributed by atoms with E-state index in [1.807, 2.05) is 12.1 Å². The second-order valence-corrected chi connectivity index (χ2v) is 5.84. The van der Waals surface area contributed by atoms with Crippen molar-refractivity contribution in [3.8, 4) is 0 Å². The highest BCUT2D eigenvalue weighted by molar-refractivity contribution is 9.10. The zero-order valence-corrected chi connectivity index (χ0v) is 13.0. The van der Waals surface area contributed by atoms with Crippen molar-refractivity contribution in [1.29, 1.82) is 0 Å². The molecule has 1 unspecified atom stereocenters. The van der Waals surface area contributed by atoms with Crippen molar-refractivity contribution in [2.24, 2.45) is 0 Å². The molecule has 1 aliphatic rings. The van der Waals surface area contributed by atoms with Gasteiger partial charge in [-0.1, -0.05) is 28.1 Å². The molecule has 1 saturated heterocycles. The molecule has 0 radical (unpaired) electrons.